The van der Waals surface area contributed by atoms with E-state index < -0.39 is 0 Å². The lowest BCUT2D eigenvalue weighted by Crippen LogP contribution is -2.48. The van der Waals surface area contributed by atoms with Gasteiger partial charge in [-0.05, 0) is 43.9 Å². The van der Waals surface area contributed by atoms with Crippen molar-refractivity contribution in [3.05, 3.63) is 35.4 Å². The van der Waals surface area contributed by atoms with Gasteiger partial charge in [-0.15, -0.1) is 0 Å². The van der Waals surface area contributed by atoms with Crippen LogP contribution in [0.2, 0.25) is 0 Å². The molecule has 2 aliphatic heterocycles. The fraction of sp³-hybridized carbons (Fsp3) is 0.680. The maximum atomic E-state index is 13.0. The van der Waals surface area contributed by atoms with Gasteiger partial charge in [0.15, 0.2) is 0 Å². The molecule has 1 aliphatic carbocycles. The molecule has 6 nitrogen and oxygen atoms in total. The first-order chi connectivity index (χ1) is 15.1. The largest absolute Gasteiger partial charge is 0.350 e. The van der Waals surface area contributed by atoms with Crippen molar-refractivity contribution in [1.82, 2.24) is 20.0 Å². The monoisotopic (exact) mass is 426 g/mol. The number of rotatable bonds is 6. The van der Waals surface area contributed by atoms with Crippen molar-refractivity contribution in [1.29, 1.82) is 0 Å². The van der Waals surface area contributed by atoms with E-state index in [1.54, 1.807) is 0 Å². The molecule has 2 saturated heterocycles. The van der Waals surface area contributed by atoms with Gasteiger partial charge in [-0.2, -0.15) is 0 Å². The minimum absolute atomic E-state index is 0.00568. The van der Waals surface area contributed by atoms with Crippen LogP contribution in [0, 0.1) is 5.92 Å². The Hall–Kier alpha value is -1.92. The van der Waals surface area contributed by atoms with E-state index in [2.05, 4.69) is 46.4 Å². The number of likely N-dealkylation sites (tertiary alicyclic amines) is 1. The first-order valence-electron chi connectivity index (χ1n) is 12.2. The van der Waals surface area contributed by atoms with Crippen molar-refractivity contribution < 1.29 is 9.59 Å². The molecule has 2 amide bonds. The summed E-state index contributed by atoms with van der Waals surface area (Å²) in [5, 5.41) is 3.11. The number of likely N-dealkylation sites (N-methyl/N-ethyl adjacent to an activating group) is 1. The van der Waals surface area contributed by atoms with E-state index in [-0.39, 0.29) is 23.8 Å². The Kier molecular flexibility index (Phi) is 7.62. The number of hydrogen-bond donors (Lipinski definition) is 1. The van der Waals surface area contributed by atoms with Gasteiger partial charge in [0, 0.05) is 51.7 Å². The van der Waals surface area contributed by atoms with Crippen molar-refractivity contribution >= 4 is 11.8 Å². The average molecular weight is 427 g/mol. The van der Waals surface area contributed by atoms with E-state index >= 15 is 0 Å². The number of amides is 2. The van der Waals surface area contributed by atoms with Crippen molar-refractivity contribution in [2.75, 3.05) is 39.8 Å². The molecular formula is C25H38N4O2. The summed E-state index contributed by atoms with van der Waals surface area (Å²) in [6.07, 6.45) is 7.22. The molecule has 0 bridgehead atoms. The fourth-order valence-corrected chi connectivity index (χ4v) is 5.30. The molecule has 0 spiro atoms. The molecule has 1 aromatic rings. The predicted octanol–water partition coefficient (Wildman–Crippen LogP) is 2.62. The Morgan fingerprint density at radius 1 is 0.935 bits per heavy atom. The van der Waals surface area contributed by atoms with Crippen LogP contribution in [-0.4, -0.2) is 72.3 Å². The summed E-state index contributed by atoms with van der Waals surface area (Å²) < 4.78 is 0. The molecule has 1 aromatic carbocycles. The van der Waals surface area contributed by atoms with E-state index in [1.807, 2.05) is 4.90 Å². The number of hydrogen-bond acceptors (Lipinski definition) is 4. The lowest BCUT2D eigenvalue weighted by Gasteiger charge is -2.32. The first kappa shape index (κ1) is 22.3. The minimum Gasteiger partial charge on any atom is -0.350 e. The summed E-state index contributed by atoms with van der Waals surface area (Å²) in [5.41, 5.74) is 2.43. The van der Waals surface area contributed by atoms with Crippen LogP contribution < -0.4 is 5.32 Å². The molecule has 3 aliphatic rings. The summed E-state index contributed by atoms with van der Waals surface area (Å²) in [4.78, 5) is 32.6. The third-order valence-electron chi connectivity index (χ3n) is 7.25. The van der Waals surface area contributed by atoms with E-state index in [1.165, 1.54) is 12.0 Å². The number of carbonyl (C=O) groups is 2. The molecule has 1 saturated carbocycles. The highest BCUT2D eigenvalue weighted by Gasteiger charge is 2.37. The van der Waals surface area contributed by atoms with Crippen LogP contribution in [0.25, 0.3) is 0 Å². The van der Waals surface area contributed by atoms with E-state index in [4.69, 9.17) is 0 Å². The Balaban J connectivity index is 1.29. The van der Waals surface area contributed by atoms with Crippen molar-refractivity contribution in [3.63, 3.8) is 0 Å². The molecule has 0 radical (unpaired) electrons. The maximum absolute atomic E-state index is 13.0. The van der Waals surface area contributed by atoms with Crippen LogP contribution in [0.4, 0.5) is 0 Å². The molecule has 0 aromatic heterocycles. The highest BCUT2D eigenvalue weighted by molar-refractivity contribution is 5.89. The Bertz CT molecular complexity index is 754. The number of nitrogens with zero attached hydrogens (tertiary/aromatic N) is 3. The fourth-order valence-electron chi connectivity index (χ4n) is 5.30. The van der Waals surface area contributed by atoms with Gasteiger partial charge in [-0.1, -0.05) is 43.5 Å². The van der Waals surface area contributed by atoms with E-state index in [0.29, 0.717) is 6.54 Å². The molecule has 4 rings (SSSR count). The zero-order chi connectivity index (χ0) is 21.6. The minimum atomic E-state index is -0.289. The van der Waals surface area contributed by atoms with Crippen LogP contribution in [0.5, 0.6) is 0 Å². The van der Waals surface area contributed by atoms with Gasteiger partial charge < -0.3 is 15.1 Å². The highest BCUT2D eigenvalue weighted by Crippen LogP contribution is 2.28. The molecule has 1 atom stereocenters. The van der Waals surface area contributed by atoms with Gasteiger partial charge in [0.05, 0.1) is 0 Å². The zero-order valence-corrected chi connectivity index (χ0v) is 19.0. The zero-order valence-electron chi connectivity index (χ0n) is 19.0. The summed E-state index contributed by atoms with van der Waals surface area (Å²) in [6, 6.07) is 8.25. The van der Waals surface area contributed by atoms with Gasteiger partial charge >= 0.3 is 0 Å². The molecule has 170 valence electrons. The van der Waals surface area contributed by atoms with E-state index in [9.17, 15) is 9.59 Å². The molecule has 1 unspecified atom stereocenters. The normalized spacial score (nSPS) is 23.8. The topological polar surface area (TPSA) is 55.9 Å². The van der Waals surface area contributed by atoms with Gasteiger partial charge in [0.1, 0.15) is 6.04 Å². The van der Waals surface area contributed by atoms with Crippen LogP contribution in [-0.2, 0) is 22.7 Å². The summed E-state index contributed by atoms with van der Waals surface area (Å²) >= 11 is 0. The number of nitrogens with one attached hydrogen (secondary N) is 1. The lowest BCUT2D eigenvalue weighted by atomic mass is 9.88. The predicted molar refractivity (Wildman–Crippen MR) is 122 cm³/mol. The van der Waals surface area contributed by atoms with Gasteiger partial charge in [-0.3, -0.25) is 14.5 Å². The highest BCUT2D eigenvalue weighted by atomic mass is 16.2. The third kappa shape index (κ3) is 5.86. The molecule has 3 fully saturated rings. The molecule has 1 N–H and O–H groups in total. The van der Waals surface area contributed by atoms with Crippen LogP contribution in [0.1, 0.15) is 56.1 Å². The summed E-state index contributed by atoms with van der Waals surface area (Å²) in [5.74, 6) is 0.353. The average Bonchev–Trinajstić information content (AvgIpc) is 3.29. The quantitative estimate of drug-likeness (QED) is 0.760. The Labute approximate surface area is 187 Å². The number of carbonyl (C=O) groups excluding carboxylic acids is 2. The second-order valence-electron chi connectivity index (χ2n) is 9.64. The second-order valence-corrected chi connectivity index (χ2v) is 9.64. The number of benzene rings is 1. The molecule has 2 heterocycles. The maximum Gasteiger partial charge on any atom is 0.243 e. The standard InChI is InChI=1S/C25H38N4O2/c1-27-13-15-28(16-14-27)19-21-8-5-7-20(17-21)18-26-24(30)23-11-6-12-29(23)25(31)22-9-3-2-4-10-22/h5,7-8,17,22-23H,2-4,6,9-16,18-19H2,1H3,(H,26,30). The summed E-state index contributed by atoms with van der Waals surface area (Å²) in [7, 11) is 2.18. The Morgan fingerprint density at radius 2 is 1.68 bits per heavy atom. The molecule has 31 heavy (non-hydrogen) atoms. The van der Waals surface area contributed by atoms with Crippen molar-refractivity contribution in [3.8, 4) is 0 Å². The molecular weight excluding hydrogens is 388 g/mol. The van der Waals surface area contributed by atoms with Crippen molar-refractivity contribution in [2.24, 2.45) is 5.92 Å². The van der Waals surface area contributed by atoms with Crippen LogP contribution in [0.15, 0.2) is 24.3 Å². The van der Waals surface area contributed by atoms with Gasteiger partial charge in [0.2, 0.25) is 11.8 Å². The first-order valence-corrected chi connectivity index (χ1v) is 12.2. The number of piperazine rings is 1. The van der Waals surface area contributed by atoms with Gasteiger partial charge in [0.25, 0.3) is 0 Å². The van der Waals surface area contributed by atoms with Crippen LogP contribution >= 0.6 is 0 Å². The van der Waals surface area contributed by atoms with E-state index in [0.717, 1.165) is 83.4 Å². The van der Waals surface area contributed by atoms with Crippen molar-refractivity contribution in [2.45, 2.75) is 64.1 Å². The third-order valence-corrected chi connectivity index (χ3v) is 7.25. The van der Waals surface area contributed by atoms with Gasteiger partial charge in [-0.25, -0.2) is 0 Å². The SMILES string of the molecule is CN1CCN(Cc2cccc(CNC(=O)C3CCCN3C(=O)C3CCCCC3)c2)CC1. The second kappa shape index (κ2) is 10.6. The molecule has 6 heteroatoms. The Morgan fingerprint density at radius 3 is 2.45 bits per heavy atom. The summed E-state index contributed by atoms with van der Waals surface area (Å²) in [6.45, 7) is 6.65. The lowest BCUT2D eigenvalue weighted by molar-refractivity contribution is -0.142. The smallest absolute Gasteiger partial charge is 0.243 e. The van der Waals surface area contributed by atoms with Crippen LogP contribution in [0.3, 0.4) is 0 Å².